The van der Waals surface area contributed by atoms with E-state index in [1.165, 1.54) is 21.5 Å². The summed E-state index contributed by atoms with van der Waals surface area (Å²) in [6, 6.07) is 6.74. The Labute approximate surface area is 377 Å². The number of likely N-dealkylation sites (tertiary alicyclic amines) is 1. The van der Waals surface area contributed by atoms with Crippen molar-refractivity contribution >= 4 is 51.6 Å². The summed E-state index contributed by atoms with van der Waals surface area (Å²) in [5.41, 5.74) is 1.95. The summed E-state index contributed by atoms with van der Waals surface area (Å²) in [5.74, 6) is -0.329. The Morgan fingerprint density at radius 3 is 2.53 bits per heavy atom. The van der Waals surface area contributed by atoms with Crippen molar-refractivity contribution in [1.82, 2.24) is 48.6 Å². The van der Waals surface area contributed by atoms with E-state index in [4.69, 9.17) is 9.72 Å². The normalized spacial score (nSPS) is 27.7. The van der Waals surface area contributed by atoms with Crippen LogP contribution >= 0.6 is 0 Å². The number of hydrogen-bond acceptors (Lipinski definition) is 12. The number of carbonyl (C=O) groups is 3. The standard InChI is InChI=1S/C45H54F3N13O5/c1-54-40-34(3-2-4-35(40)61(45(54)65)36-9-10-38(62)52-44(36)64)57-17-15-56(16-18-57)33-11-13-55(23-31(33)46)21-26-5-7-27(8-6-26)60-24-32(39(53-60)41(47)48)50-43(63)30-20-49-59-14-12-37(51-42(30)59)58-22-29-19-28(58)25-66-29/h2-4,12,14,20,24,26-29,31,33,36,41H,5-11,13,15-19,21-23,25H2,1H3,(H,50,63)(H,52,62,64)/t26-,27-,28-,29-,31+,33-,36?/m1/s1. The lowest BCUT2D eigenvalue weighted by Gasteiger charge is -2.45. The number of amides is 3. The van der Waals surface area contributed by atoms with Gasteiger partial charge in [0.15, 0.2) is 11.3 Å². The molecule has 21 heteroatoms. The molecule has 66 heavy (non-hydrogen) atoms. The number of imide groups is 1. The van der Waals surface area contributed by atoms with Gasteiger partial charge in [0, 0.05) is 77.7 Å². The van der Waals surface area contributed by atoms with Crippen LogP contribution in [0.4, 0.5) is 30.4 Å². The Kier molecular flexibility index (Phi) is 11.1. The van der Waals surface area contributed by atoms with Gasteiger partial charge in [0.1, 0.15) is 23.6 Å². The lowest BCUT2D eigenvalue weighted by molar-refractivity contribution is -0.135. The number of imidazole rings is 1. The third-order valence-corrected chi connectivity index (χ3v) is 15.0. The Balaban J connectivity index is 0.673. The van der Waals surface area contributed by atoms with E-state index in [9.17, 15) is 28.0 Å². The number of benzene rings is 1. The van der Waals surface area contributed by atoms with Gasteiger partial charge >= 0.3 is 5.69 Å². The first-order chi connectivity index (χ1) is 32.0. The number of morpholine rings is 1. The number of aromatic nitrogens is 7. The molecule has 11 rings (SSSR count). The number of aryl methyl sites for hydroxylation is 1. The number of carbonyl (C=O) groups excluding carboxylic acids is 3. The predicted octanol–water partition coefficient (Wildman–Crippen LogP) is 3.69. The summed E-state index contributed by atoms with van der Waals surface area (Å²) >= 11 is 0. The van der Waals surface area contributed by atoms with Crippen molar-refractivity contribution in [2.45, 2.75) is 94.2 Å². The van der Waals surface area contributed by atoms with Gasteiger partial charge in [0.25, 0.3) is 12.3 Å². The highest BCUT2D eigenvalue weighted by atomic mass is 19.3. The van der Waals surface area contributed by atoms with Crippen molar-refractivity contribution in [2.75, 3.05) is 74.1 Å². The van der Waals surface area contributed by atoms with Crippen LogP contribution in [0.3, 0.4) is 0 Å². The first-order valence-corrected chi connectivity index (χ1v) is 23.3. The molecule has 6 fully saturated rings. The molecule has 5 atom stereocenters. The van der Waals surface area contributed by atoms with Gasteiger partial charge in [-0.05, 0) is 75.6 Å². The predicted molar refractivity (Wildman–Crippen MR) is 237 cm³/mol. The minimum absolute atomic E-state index is 0.0362. The zero-order chi connectivity index (χ0) is 45.4. The molecule has 1 unspecified atom stereocenters. The largest absolute Gasteiger partial charge is 0.374 e. The van der Waals surface area contributed by atoms with Crippen molar-refractivity contribution in [3.8, 4) is 0 Å². The fourth-order valence-corrected chi connectivity index (χ4v) is 11.6. The highest BCUT2D eigenvalue weighted by Gasteiger charge is 2.41. The quantitative estimate of drug-likeness (QED) is 0.195. The lowest BCUT2D eigenvalue weighted by Crippen LogP contribution is -2.58. The van der Waals surface area contributed by atoms with E-state index in [1.54, 1.807) is 22.5 Å². The molecule has 3 amide bonds. The molecule has 1 saturated carbocycles. The second-order valence-electron chi connectivity index (χ2n) is 18.9. The third kappa shape index (κ3) is 7.71. The van der Waals surface area contributed by atoms with Crippen LogP contribution in [-0.4, -0.2) is 144 Å². The van der Waals surface area contributed by atoms with Crippen molar-refractivity contribution in [1.29, 1.82) is 0 Å². The molecule has 1 aliphatic carbocycles. The van der Waals surface area contributed by atoms with E-state index in [1.807, 2.05) is 24.3 Å². The number of rotatable bonds is 10. The average molecular weight is 914 g/mol. The van der Waals surface area contributed by atoms with Crippen LogP contribution < -0.4 is 26.1 Å². The smallest absolute Gasteiger partial charge is 0.329 e. The highest BCUT2D eigenvalue weighted by Crippen LogP contribution is 2.37. The third-order valence-electron chi connectivity index (χ3n) is 15.0. The summed E-state index contributed by atoms with van der Waals surface area (Å²) in [6.07, 6.45) is 6.18. The molecule has 9 heterocycles. The van der Waals surface area contributed by atoms with E-state index >= 15 is 4.39 Å². The average Bonchev–Trinajstić information content (AvgIpc) is 4.17. The fourth-order valence-electron chi connectivity index (χ4n) is 11.6. The maximum atomic E-state index is 16.0. The number of nitrogens with one attached hydrogen (secondary N) is 2. The zero-order valence-electron chi connectivity index (χ0n) is 36.8. The van der Waals surface area contributed by atoms with Crippen LogP contribution in [0, 0.1) is 5.92 Å². The van der Waals surface area contributed by atoms with Gasteiger partial charge < -0.3 is 24.8 Å². The molecule has 5 aliphatic heterocycles. The van der Waals surface area contributed by atoms with Gasteiger partial charge in [-0.25, -0.2) is 27.5 Å². The molecule has 350 valence electrons. The topological polar surface area (TPSA) is 172 Å². The van der Waals surface area contributed by atoms with E-state index in [0.29, 0.717) is 56.4 Å². The minimum Gasteiger partial charge on any atom is -0.374 e. The Bertz CT molecular complexity index is 2740. The van der Waals surface area contributed by atoms with Crippen LogP contribution in [0.1, 0.15) is 85.9 Å². The van der Waals surface area contributed by atoms with Gasteiger partial charge in [0.05, 0.1) is 53.4 Å². The number of para-hydroxylation sites is 1. The summed E-state index contributed by atoms with van der Waals surface area (Å²) < 4.78 is 56.6. The van der Waals surface area contributed by atoms with E-state index in [-0.39, 0.29) is 59.9 Å². The maximum Gasteiger partial charge on any atom is 0.329 e. The van der Waals surface area contributed by atoms with E-state index in [2.05, 4.69) is 40.4 Å². The Morgan fingerprint density at radius 1 is 0.985 bits per heavy atom. The number of fused-ring (bicyclic) bond motifs is 4. The van der Waals surface area contributed by atoms with Crippen molar-refractivity contribution in [3.05, 3.63) is 64.6 Å². The molecule has 2 N–H and O–H groups in total. The van der Waals surface area contributed by atoms with Crippen LogP contribution in [0.25, 0.3) is 16.7 Å². The summed E-state index contributed by atoms with van der Waals surface area (Å²) in [6.45, 7) is 5.95. The van der Waals surface area contributed by atoms with Gasteiger partial charge in [0.2, 0.25) is 11.8 Å². The van der Waals surface area contributed by atoms with Gasteiger partial charge in [-0.1, -0.05) is 6.07 Å². The number of anilines is 3. The van der Waals surface area contributed by atoms with Crippen molar-refractivity contribution in [3.63, 3.8) is 0 Å². The molecule has 5 saturated heterocycles. The second kappa shape index (κ2) is 17.1. The molecule has 4 aromatic heterocycles. The highest BCUT2D eigenvalue weighted by molar-refractivity contribution is 6.08. The number of halogens is 3. The molecule has 6 aliphatic rings. The van der Waals surface area contributed by atoms with Crippen LogP contribution in [0.5, 0.6) is 0 Å². The number of alkyl halides is 3. The SMILES string of the molecule is Cn1c(=O)n(C2CCC(=O)NC2=O)c2cccc(N3CCN([C@@H]4CCN(C[C@H]5CC[C@H](n6cc(NC(=O)c7cnn8ccc(N9C[C@H]%10C[C@@H]9CO%10)nc78)c(C(F)F)n6)CC5)C[C@@H]4F)CC3)c21. The first-order valence-electron chi connectivity index (χ1n) is 23.3. The lowest BCUT2D eigenvalue weighted by atomic mass is 9.85. The molecule has 5 aromatic rings. The molecule has 1 aromatic carbocycles. The van der Waals surface area contributed by atoms with Gasteiger partial charge in [-0.3, -0.25) is 38.4 Å². The van der Waals surface area contributed by atoms with E-state index in [0.717, 1.165) is 75.2 Å². The Morgan fingerprint density at radius 2 is 1.80 bits per heavy atom. The van der Waals surface area contributed by atoms with Crippen LogP contribution in [0.2, 0.25) is 0 Å². The van der Waals surface area contributed by atoms with E-state index < -0.39 is 36.1 Å². The minimum atomic E-state index is -2.89. The van der Waals surface area contributed by atoms with Gasteiger partial charge in [-0.2, -0.15) is 10.2 Å². The molecule has 2 bridgehead atoms. The summed E-state index contributed by atoms with van der Waals surface area (Å²) in [7, 11) is 1.70. The first kappa shape index (κ1) is 42.8. The molecule has 0 spiro atoms. The number of hydrogen-bond donors (Lipinski definition) is 2. The molecular formula is C45H54F3N13O5. The monoisotopic (exact) mass is 913 g/mol. The molecular weight excluding hydrogens is 860 g/mol. The number of ether oxygens (including phenoxy) is 1. The second-order valence-corrected chi connectivity index (χ2v) is 18.9. The maximum absolute atomic E-state index is 16.0. The number of piperidine rings is 2. The van der Waals surface area contributed by atoms with Crippen molar-refractivity contribution in [2.24, 2.45) is 13.0 Å². The molecule has 18 nitrogen and oxygen atoms in total. The summed E-state index contributed by atoms with van der Waals surface area (Å²) in [5, 5.41) is 13.6. The molecule has 0 radical (unpaired) electrons. The number of piperazine rings is 1. The van der Waals surface area contributed by atoms with Crippen LogP contribution in [-0.2, 0) is 21.4 Å². The van der Waals surface area contributed by atoms with Crippen LogP contribution in [0.15, 0.2) is 47.7 Å². The van der Waals surface area contributed by atoms with Gasteiger partial charge in [-0.15, -0.1) is 0 Å². The fraction of sp³-hybridized carbons (Fsp3) is 0.578. The zero-order valence-corrected chi connectivity index (χ0v) is 36.8. The summed E-state index contributed by atoms with van der Waals surface area (Å²) in [4.78, 5) is 65.2. The Hall–Kier alpha value is -5.80. The number of nitrogens with zero attached hydrogens (tertiary/aromatic N) is 11. The van der Waals surface area contributed by atoms with Crippen molar-refractivity contribution < 1.29 is 32.3 Å².